The Morgan fingerprint density at radius 2 is 1.88 bits per heavy atom. The van der Waals surface area contributed by atoms with Crippen LogP contribution in [0.3, 0.4) is 0 Å². The molecule has 1 heterocycles. The van der Waals surface area contributed by atoms with Crippen molar-refractivity contribution in [2.75, 3.05) is 0 Å². The van der Waals surface area contributed by atoms with Crippen molar-refractivity contribution in [3.05, 3.63) is 65.0 Å². The second kappa shape index (κ2) is 6.48. The number of aryl methyl sites for hydroxylation is 2. The summed E-state index contributed by atoms with van der Waals surface area (Å²) in [5.74, 6) is 0.0230. The van der Waals surface area contributed by atoms with Crippen molar-refractivity contribution in [3.63, 3.8) is 0 Å². The molecule has 0 fully saturated rings. The van der Waals surface area contributed by atoms with Gasteiger partial charge in [-0.05, 0) is 43.2 Å². The molecular weight excluding hydrogens is 298 g/mol. The van der Waals surface area contributed by atoms with Gasteiger partial charge in [-0.25, -0.2) is 0 Å². The smallest absolute Gasteiger partial charge is 0.225 e. The predicted molar refractivity (Wildman–Crippen MR) is 96.9 cm³/mol. The fraction of sp³-hybridized carbons (Fsp3) is 0.300. The van der Waals surface area contributed by atoms with E-state index < -0.39 is 0 Å². The van der Waals surface area contributed by atoms with Gasteiger partial charge in [0, 0.05) is 18.3 Å². The first-order valence-corrected chi connectivity index (χ1v) is 8.23. The molecule has 3 aromatic rings. The summed E-state index contributed by atoms with van der Waals surface area (Å²) in [6, 6.07) is 14.5. The van der Waals surface area contributed by atoms with Gasteiger partial charge in [-0.1, -0.05) is 36.4 Å². The topological polar surface area (TPSA) is 46.9 Å². The molecule has 124 valence electrons. The van der Waals surface area contributed by atoms with Crippen LogP contribution in [-0.4, -0.2) is 15.7 Å². The molecule has 0 radical (unpaired) electrons. The third kappa shape index (κ3) is 3.18. The Labute approximate surface area is 142 Å². The van der Waals surface area contributed by atoms with Crippen LogP contribution in [0, 0.1) is 13.8 Å². The van der Waals surface area contributed by atoms with Crippen LogP contribution in [0.15, 0.2) is 42.5 Å². The van der Waals surface area contributed by atoms with E-state index in [4.69, 9.17) is 0 Å². The minimum absolute atomic E-state index is 0.0230. The van der Waals surface area contributed by atoms with Crippen LogP contribution >= 0.6 is 0 Å². The van der Waals surface area contributed by atoms with E-state index in [1.54, 1.807) is 0 Å². The number of rotatable bonds is 4. The van der Waals surface area contributed by atoms with Gasteiger partial charge < -0.3 is 5.32 Å². The number of hydrogen-bond acceptors (Lipinski definition) is 2. The molecule has 0 bridgehead atoms. The molecule has 1 aromatic heterocycles. The van der Waals surface area contributed by atoms with E-state index in [-0.39, 0.29) is 11.9 Å². The predicted octanol–water partition coefficient (Wildman–Crippen LogP) is 3.61. The maximum atomic E-state index is 12.4. The Hall–Kier alpha value is -2.62. The number of benzene rings is 2. The molecule has 24 heavy (non-hydrogen) atoms. The van der Waals surface area contributed by atoms with Crippen molar-refractivity contribution in [2.24, 2.45) is 7.05 Å². The lowest BCUT2D eigenvalue weighted by Crippen LogP contribution is -2.28. The molecular formula is C20H23N3O. The zero-order valence-corrected chi connectivity index (χ0v) is 14.6. The summed E-state index contributed by atoms with van der Waals surface area (Å²) < 4.78 is 1.82. The Kier molecular flexibility index (Phi) is 4.38. The molecule has 1 atom stereocenters. The normalized spacial score (nSPS) is 12.3. The van der Waals surface area contributed by atoms with Gasteiger partial charge in [0.2, 0.25) is 5.91 Å². The molecule has 0 spiro atoms. The number of fused-ring (bicyclic) bond motifs is 1. The summed E-state index contributed by atoms with van der Waals surface area (Å²) >= 11 is 0. The van der Waals surface area contributed by atoms with Gasteiger partial charge in [0.25, 0.3) is 0 Å². The van der Waals surface area contributed by atoms with E-state index in [9.17, 15) is 4.79 Å². The fourth-order valence-corrected chi connectivity index (χ4v) is 3.09. The summed E-state index contributed by atoms with van der Waals surface area (Å²) in [6.45, 7) is 5.96. The van der Waals surface area contributed by atoms with Crippen LogP contribution in [0.25, 0.3) is 10.8 Å². The Bertz CT molecular complexity index is 895. The van der Waals surface area contributed by atoms with Crippen LogP contribution in [0.5, 0.6) is 0 Å². The molecule has 4 nitrogen and oxygen atoms in total. The molecule has 0 saturated heterocycles. The van der Waals surface area contributed by atoms with E-state index in [0.29, 0.717) is 6.42 Å². The monoisotopic (exact) mass is 321 g/mol. The van der Waals surface area contributed by atoms with Crippen molar-refractivity contribution in [2.45, 2.75) is 33.2 Å². The highest BCUT2D eigenvalue weighted by Crippen LogP contribution is 2.20. The van der Waals surface area contributed by atoms with E-state index in [1.807, 2.05) is 44.6 Å². The fourth-order valence-electron chi connectivity index (χ4n) is 3.09. The molecule has 0 aliphatic carbocycles. The number of hydrogen-bond donors (Lipinski definition) is 1. The van der Waals surface area contributed by atoms with Gasteiger partial charge in [0.15, 0.2) is 0 Å². The number of nitrogens with zero attached hydrogens (tertiary/aromatic N) is 2. The van der Waals surface area contributed by atoms with E-state index in [0.717, 1.165) is 22.5 Å². The summed E-state index contributed by atoms with van der Waals surface area (Å²) in [7, 11) is 1.90. The zero-order valence-electron chi connectivity index (χ0n) is 14.6. The lowest BCUT2D eigenvalue weighted by atomic mass is 10.0. The van der Waals surface area contributed by atoms with E-state index in [1.165, 1.54) is 10.8 Å². The van der Waals surface area contributed by atoms with Gasteiger partial charge in [0.05, 0.1) is 18.2 Å². The SMILES string of the molecule is Cc1nn(C)c(C)c1CC(=O)N[C@H](C)c1ccc2ccccc2c1. The summed E-state index contributed by atoms with van der Waals surface area (Å²) in [5, 5.41) is 9.87. The van der Waals surface area contributed by atoms with Crippen molar-refractivity contribution >= 4 is 16.7 Å². The molecule has 4 heteroatoms. The van der Waals surface area contributed by atoms with Crippen LogP contribution in [0.1, 0.15) is 35.5 Å². The number of carbonyl (C=O) groups is 1. The largest absolute Gasteiger partial charge is 0.349 e. The standard InChI is InChI=1S/C20H23N3O/c1-13(17-10-9-16-7-5-6-8-18(16)11-17)21-20(24)12-19-14(2)22-23(4)15(19)3/h5-11,13H,12H2,1-4H3,(H,21,24)/t13-/m1/s1. The van der Waals surface area contributed by atoms with Crippen LogP contribution in [0.2, 0.25) is 0 Å². The van der Waals surface area contributed by atoms with Crippen molar-refractivity contribution < 1.29 is 4.79 Å². The Morgan fingerprint density at radius 3 is 2.54 bits per heavy atom. The second-order valence-corrected chi connectivity index (χ2v) is 6.35. The second-order valence-electron chi connectivity index (χ2n) is 6.35. The highest BCUT2D eigenvalue weighted by atomic mass is 16.1. The molecule has 1 amide bonds. The van der Waals surface area contributed by atoms with Gasteiger partial charge in [-0.3, -0.25) is 9.48 Å². The van der Waals surface area contributed by atoms with Gasteiger partial charge in [-0.2, -0.15) is 5.10 Å². The number of aromatic nitrogens is 2. The lowest BCUT2D eigenvalue weighted by molar-refractivity contribution is -0.121. The minimum Gasteiger partial charge on any atom is -0.349 e. The first-order chi connectivity index (χ1) is 11.5. The van der Waals surface area contributed by atoms with Gasteiger partial charge >= 0.3 is 0 Å². The average Bonchev–Trinajstić information content (AvgIpc) is 2.80. The Morgan fingerprint density at radius 1 is 1.17 bits per heavy atom. The lowest BCUT2D eigenvalue weighted by Gasteiger charge is -2.15. The molecule has 2 aromatic carbocycles. The zero-order chi connectivity index (χ0) is 17.3. The summed E-state index contributed by atoms with van der Waals surface area (Å²) in [6.07, 6.45) is 0.365. The highest BCUT2D eigenvalue weighted by Gasteiger charge is 2.15. The quantitative estimate of drug-likeness (QED) is 0.798. The maximum Gasteiger partial charge on any atom is 0.225 e. The van der Waals surface area contributed by atoms with Crippen LogP contribution in [0.4, 0.5) is 0 Å². The number of nitrogens with one attached hydrogen (secondary N) is 1. The average molecular weight is 321 g/mol. The maximum absolute atomic E-state index is 12.4. The summed E-state index contributed by atoms with van der Waals surface area (Å²) in [4.78, 5) is 12.4. The van der Waals surface area contributed by atoms with Crippen LogP contribution < -0.4 is 5.32 Å². The number of carbonyl (C=O) groups excluding carboxylic acids is 1. The molecule has 0 aliphatic rings. The highest BCUT2D eigenvalue weighted by molar-refractivity contribution is 5.83. The molecule has 1 N–H and O–H groups in total. The third-order valence-corrected chi connectivity index (χ3v) is 4.65. The van der Waals surface area contributed by atoms with Gasteiger partial charge in [-0.15, -0.1) is 0 Å². The molecule has 0 saturated carbocycles. The minimum atomic E-state index is -0.0283. The first-order valence-electron chi connectivity index (χ1n) is 8.23. The summed E-state index contributed by atoms with van der Waals surface area (Å²) in [5.41, 5.74) is 4.09. The van der Waals surface area contributed by atoms with Crippen molar-refractivity contribution in [1.29, 1.82) is 0 Å². The Balaban J connectivity index is 1.73. The first kappa shape index (κ1) is 16.2. The molecule has 0 aliphatic heterocycles. The van der Waals surface area contributed by atoms with E-state index >= 15 is 0 Å². The third-order valence-electron chi connectivity index (χ3n) is 4.65. The van der Waals surface area contributed by atoms with Crippen molar-refractivity contribution in [1.82, 2.24) is 15.1 Å². The van der Waals surface area contributed by atoms with Crippen molar-refractivity contribution in [3.8, 4) is 0 Å². The van der Waals surface area contributed by atoms with Gasteiger partial charge in [0.1, 0.15) is 0 Å². The van der Waals surface area contributed by atoms with E-state index in [2.05, 4.69) is 40.7 Å². The van der Waals surface area contributed by atoms with Crippen LogP contribution in [-0.2, 0) is 18.3 Å². The molecule has 0 unspecified atom stereocenters. The molecule has 3 rings (SSSR count). The number of amides is 1.